The van der Waals surface area contributed by atoms with Crippen LogP contribution in [0.1, 0.15) is 42.1 Å². The van der Waals surface area contributed by atoms with E-state index in [0.29, 0.717) is 0 Å². The molecule has 0 saturated heterocycles. The second-order valence-electron chi connectivity index (χ2n) is 6.03. The molecule has 0 radical (unpaired) electrons. The molecule has 0 heterocycles. The monoisotopic (exact) mass is 327 g/mol. The summed E-state index contributed by atoms with van der Waals surface area (Å²) in [7, 11) is 0. The third kappa shape index (κ3) is 5.14. The van der Waals surface area contributed by atoms with Crippen LogP contribution in [0.2, 0.25) is 0 Å². The van der Waals surface area contributed by atoms with Crippen LogP contribution >= 0.6 is 11.8 Å². The predicted octanol–water partition coefficient (Wildman–Crippen LogP) is 4.80. The van der Waals surface area contributed by atoms with Crippen molar-refractivity contribution in [2.75, 3.05) is 0 Å². The van der Waals surface area contributed by atoms with E-state index >= 15 is 0 Å². The van der Waals surface area contributed by atoms with E-state index in [-0.39, 0.29) is 17.2 Å². The molecular weight excluding hydrogens is 302 g/mol. The molecule has 2 rings (SSSR count). The van der Waals surface area contributed by atoms with Gasteiger partial charge in [-0.3, -0.25) is 4.79 Å². The Morgan fingerprint density at radius 2 is 1.78 bits per heavy atom. The lowest BCUT2D eigenvalue weighted by Gasteiger charge is -2.19. The van der Waals surface area contributed by atoms with Gasteiger partial charge in [0.05, 0.1) is 11.3 Å². The topological polar surface area (TPSA) is 29.1 Å². The highest BCUT2D eigenvalue weighted by Crippen LogP contribution is 2.21. The number of hydrogen-bond donors (Lipinski definition) is 1. The van der Waals surface area contributed by atoms with Crippen LogP contribution in [-0.2, 0) is 10.5 Å². The van der Waals surface area contributed by atoms with Gasteiger partial charge in [-0.05, 0) is 44.4 Å². The van der Waals surface area contributed by atoms with Crippen molar-refractivity contribution in [3.63, 3.8) is 0 Å². The lowest BCUT2D eigenvalue weighted by Crippen LogP contribution is -2.33. The van der Waals surface area contributed by atoms with Crippen LogP contribution in [0.4, 0.5) is 0 Å². The van der Waals surface area contributed by atoms with Crippen LogP contribution in [0.3, 0.4) is 0 Å². The molecule has 0 spiro atoms. The second-order valence-corrected chi connectivity index (χ2v) is 7.36. The number of benzene rings is 2. The van der Waals surface area contributed by atoms with Crippen molar-refractivity contribution < 1.29 is 4.79 Å². The van der Waals surface area contributed by atoms with Crippen molar-refractivity contribution in [1.29, 1.82) is 0 Å². The Labute approximate surface area is 143 Å². The normalized spacial score (nSPS) is 13.4. The molecule has 2 nitrogen and oxygen atoms in total. The fraction of sp³-hybridized carbons (Fsp3) is 0.350. The molecule has 1 amide bonds. The highest BCUT2D eigenvalue weighted by molar-refractivity contribution is 7.99. The number of nitrogens with one attached hydrogen (secondary N) is 1. The van der Waals surface area contributed by atoms with Gasteiger partial charge in [-0.25, -0.2) is 0 Å². The fourth-order valence-electron chi connectivity index (χ4n) is 2.59. The molecule has 2 unspecified atom stereocenters. The van der Waals surface area contributed by atoms with Gasteiger partial charge in [0.15, 0.2) is 0 Å². The first-order valence-corrected chi connectivity index (χ1v) is 9.05. The number of rotatable bonds is 6. The largest absolute Gasteiger partial charge is 0.349 e. The number of thioether (sulfide) groups is 1. The van der Waals surface area contributed by atoms with Crippen molar-refractivity contribution >= 4 is 17.7 Å². The first kappa shape index (κ1) is 17.6. The molecular formula is C20H25NOS. The van der Waals surface area contributed by atoms with E-state index in [0.717, 1.165) is 5.75 Å². The minimum Gasteiger partial charge on any atom is -0.349 e. The molecule has 0 aliphatic rings. The molecule has 0 bridgehead atoms. The zero-order valence-corrected chi connectivity index (χ0v) is 15.1. The zero-order chi connectivity index (χ0) is 16.8. The van der Waals surface area contributed by atoms with Crippen molar-refractivity contribution in [2.45, 2.75) is 44.7 Å². The molecule has 0 aliphatic carbocycles. The Morgan fingerprint density at radius 3 is 2.43 bits per heavy atom. The molecule has 0 saturated carbocycles. The van der Waals surface area contributed by atoms with Crippen LogP contribution in [0.15, 0.2) is 48.5 Å². The average molecular weight is 327 g/mol. The fourth-order valence-corrected chi connectivity index (χ4v) is 3.45. The van der Waals surface area contributed by atoms with Gasteiger partial charge < -0.3 is 5.32 Å². The smallest absolute Gasteiger partial charge is 0.233 e. The maximum atomic E-state index is 12.4. The van der Waals surface area contributed by atoms with E-state index in [4.69, 9.17) is 0 Å². The van der Waals surface area contributed by atoms with E-state index < -0.39 is 0 Å². The van der Waals surface area contributed by atoms with Gasteiger partial charge in [-0.2, -0.15) is 0 Å². The summed E-state index contributed by atoms with van der Waals surface area (Å²) in [5.74, 6) is 0.950. The molecule has 2 atom stereocenters. The molecule has 2 aromatic carbocycles. The van der Waals surface area contributed by atoms with Crippen LogP contribution in [0, 0.1) is 13.8 Å². The summed E-state index contributed by atoms with van der Waals surface area (Å²) >= 11 is 1.67. The molecule has 0 aliphatic heterocycles. The minimum atomic E-state index is -0.0663. The quantitative estimate of drug-likeness (QED) is 0.825. The highest BCUT2D eigenvalue weighted by atomic mass is 32.2. The van der Waals surface area contributed by atoms with Gasteiger partial charge >= 0.3 is 0 Å². The number of carbonyl (C=O) groups is 1. The molecule has 23 heavy (non-hydrogen) atoms. The van der Waals surface area contributed by atoms with Crippen LogP contribution in [0.25, 0.3) is 0 Å². The lowest BCUT2D eigenvalue weighted by molar-refractivity contribution is -0.120. The molecule has 1 N–H and O–H groups in total. The number of aryl methyl sites for hydroxylation is 2. The van der Waals surface area contributed by atoms with Crippen molar-refractivity contribution in [1.82, 2.24) is 5.32 Å². The Hall–Kier alpha value is -1.74. The predicted molar refractivity (Wildman–Crippen MR) is 99.7 cm³/mol. The van der Waals surface area contributed by atoms with Gasteiger partial charge in [-0.15, -0.1) is 11.8 Å². The van der Waals surface area contributed by atoms with Crippen LogP contribution in [-0.4, -0.2) is 11.2 Å². The number of amides is 1. The lowest BCUT2D eigenvalue weighted by atomic mass is 10.0. The van der Waals surface area contributed by atoms with Crippen molar-refractivity contribution in [3.05, 3.63) is 70.8 Å². The van der Waals surface area contributed by atoms with E-state index in [2.05, 4.69) is 49.5 Å². The highest BCUT2D eigenvalue weighted by Gasteiger charge is 2.17. The summed E-state index contributed by atoms with van der Waals surface area (Å²) in [6.07, 6.45) is 0. The van der Waals surface area contributed by atoms with Gasteiger partial charge in [-0.1, -0.05) is 54.1 Å². The average Bonchev–Trinajstić information content (AvgIpc) is 2.53. The maximum absolute atomic E-state index is 12.4. The summed E-state index contributed by atoms with van der Waals surface area (Å²) in [5.41, 5.74) is 4.91. The standard InChI is InChI=1S/C20H25NOS/c1-14-10-11-19(15(2)12-14)16(3)21-20(22)17(4)23-13-18-8-6-5-7-9-18/h5-12,16-17H,13H2,1-4H3,(H,21,22). The Balaban J connectivity index is 1.89. The zero-order valence-electron chi connectivity index (χ0n) is 14.3. The molecule has 3 heteroatoms. The Kier molecular flexibility index (Phi) is 6.28. The summed E-state index contributed by atoms with van der Waals surface area (Å²) in [4.78, 5) is 12.4. The molecule has 2 aromatic rings. The Morgan fingerprint density at radius 1 is 1.09 bits per heavy atom. The van der Waals surface area contributed by atoms with Gasteiger partial charge in [0.1, 0.15) is 0 Å². The van der Waals surface area contributed by atoms with Crippen molar-refractivity contribution in [3.8, 4) is 0 Å². The first-order valence-electron chi connectivity index (χ1n) is 8.00. The number of hydrogen-bond acceptors (Lipinski definition) is 2. The van der Waals surface area contributed by atoms with Gasteiger partial charge in [0, 0.05) is 5.75 Å². The number of carbonyl (C=O) groups excluding carboxylic acids is 1. The van der Waals surface area contributed by atoms with Crippen LogP contribution < -0.4 is 5.32 Å². The van der Waals surface area contributed by atoms with E-state index in [1.54, 1.807) is 11.8 Å². The van der Waals surface area contributed by atoms with E-state index in [1.165, 1.54) is 22.3 Å². The van der Waals surface area contributed by atoms with Gasteiger partial charge in [0.25, 0.3) is 0 Å². The van der Waals surface area contributed by atoms with Crippen molar-refractivity contribution in [2.24, 2.45) is 0 Å². The van der Waals surface area contributed by atoms with E-state index in [1.807, 2.05) is 32.0 Å². The molecule has 0 aromatic heterocycles. The molecule has 0 fully saturated rings. The third-order valence-electron chi connectivity index (χ3n) is 3.96. The second kappa shape index (κ2) is 8.21. The summed E-state index contributed by atoms with van der Waals surface area (Å²) in [5, 5.41) is 3.07. The summed E-state index contributed by atoms with van der Waals surface area (Å²) in [6, 6.07) is 16.7. The minimum absolute atomic E-state index is 0.0304. The van der Waals surface area contributed by atoms with Gasteiger partial charge in [0.2, 0.25) is 5.91 Å². The maximum Gasteiger partial charge on any atom is 0.233 e. The SMILES string of the molecule is Cc1ccc(C(C)NC(=O)C(C)SCc2ccccc2)c(C)c1. The first-order chi connectivity index (χ1) is 11.0. The summed E-state index contributed by atoms with van der Waals surface area (Å²) < 4.78 is 0. The van der Waals surface area contributed by atoms with Crippen LogP contribution in [0.5, 0.6) is 0 Å². The molecule has 122 valence electrons. The third-order valence-corrected chi connectivity index (χ3v) is 5.18. The van der Waals surface area contributed by atoms with E-state index in [9.17, 15) is 4.79 Å². The summed E-state index contributed by atoms with van der Waals surface area (Å²) in [6.45, 7) is 8.20. The Bertz CT molecular complexity index is 654.